The normalized spacial score (nSPS) is 21.4. The van der Waals surface area contributed by atoms with Gasteiger partial charge in [-0.2, -0.15) is 0 Å². The molecule has 0 saturated heterocycles. The fourth-order valence-corrected chi connectivity index (χ4v) is 2.24. The van der Waals surface area contributed by atoms with E-state index in [-0.39, 0.29) is 0 Å². The molecular weight excluding hydrogens is 234 g/mol. The van der Waals surface area contributed by atoms with Gasteiger partial charge >= 0.3 is 0 Å². The van der Waals surface area contributed by atoms with Crippen LogP contribution in [-0.2, 0) is 6.54 Å². The molecule has 0 aliphatic carbocycles. The van der Waals surface area contributed by atoms with Crippen LogP contribution in [0.3, 0.4) is 0 Å². The lowest BCUT2D eigenvalue weighted by Gasteiger charge is -2.17. The quantitative estimate of drug-likeness (QED) is 0.735. The van der Waals surface area contributed by atoms with E-state index in [4.69, 9.17) is 0 Å². The van der Waals surface area contributed by atoms with E-state index in [0.29, 0.717) is 4.59 Å². The summed E-state index contributed by atoms with van der Waals surface area (Å²) in [5, 5.41) is 8.70. The van der Waals surface area contributed by atoms with Gasteiger partial charge in [0, 0.05) is 16.4 Å². The molecule has 0 spiro atoms. The zero-order valence-electron chi connectivity index (χ0n) is 10.9. The zero-order chi connectivity index (χ0) is 13.1. The summed E-state index contributed by atoms with van der Waals surface area (Å²) in [5.74, 6) is 0. The number of hydrogen-bond donors (Lipinski definition) is 0. The molecule has 1 unspecified atom stereocenters. The summed E-state index contributed by atoms with van der Waals surface area (Å²) < 4.78 is 0.467. The van der Waals surface area contributed by atoms with Gasteiger partial charge in [-0.25, -0.2) is 0 Å². The Bertz CT molecular complexity index is 617. The third-order valence-electron chi connectivity index (χ3n) is 3.17. The van der Waals surface area contributed by atoms with Crippen LogP contribution in [0.2, 0.25) is 0 Å². The molecule has 0 aromatic heterocycles. The third kappa shape index (κ3) is 2.61. The molecule has 0 saturated carbocycles. The zero-order valence-corrected chi connectivity index (χ0v) is 10.9. The van der Waals surface area contributed by atoms with Gasteiger partial charge in [-0.1, -0.05) is 65.8 Å². The Morgan fingerprint density at radius 2 is 1.53 bits per heavy atom. The molecule has 0 N–H and O–H groups in total. The Hall–Kier alpha value is -2.26. The fraction of sp³-hybridized carbons (Fsp3) is 0.125. The third-order valence-corrected chi connectivity index (χ3v) is 3.17. The highest BCUT2D eigenvalue weighted by Crippen LogP contribution is 2.28. The Labute approximate surface area is 113 Å². The molecule has 19 heavy (non-hydrogen) atoms. The predicted molar refractivity (Wildman–Crippen MR) is 75.6 cm³/mol. The first kappa shape index (κ1) is 11.8. The van der Waals surface area contributed by atoms with E-state index in [0.717, 1.165) is 17.8 Å². The number of nitrogens with zero attached hydrogens (tertiary/aromatic N) is 3. The van der Waals surface area contributed by atoms with E-state index in [1.165, 1.54) is 5.56 Å². The van der Waals surface area contributed by atoms with Gasteiger partial charge < -0.3 is 0 Å². The van der Waals surface area contributed by atoms with Gasteiger partial charge in [0.1, 0.15) is 6.54 Å². The first-order chi connectivity index (χ1) is 9.25. The van der Waals surface area contributed by atoms with Crippen molar-refractivity contribution in [3.63, 3.8) is 0 Å². The van der Waals surface area contributed by atoms with Crippen LogP contribution in [0.5, 0.6) is 0 Å². The first-order valence-corrected chi connectivity index (χ1v) is 6.36. The molecule has 2 aromatic carbocycles. The SMILES string of the molecule is C[N+]1(Cc2ccccc2)C=C(c2ccccc2)N=N1. The van der Waals surface area contributed by atoms with Gasteiger partial charge in [0.25, 0.3) is 0 Å². The van der Waals surface area contributed by atoms with E-state index in [9.17, 15) is 0 Å². The van der Waals surface area contributed by atoms with Gasteiger partial charge in [0.05, 0.1) is 7.05 Å². The van der Waals surface area contributed by atoms with Gasteiger partial charge in [0.15, 0.2) is 11.9 Å². The minimum atomic E-state index is 0.467. The summed E-state index contributed by atoms with van der Waals surface area (Å²) in [5.41, 5.74) is 3.31. The summed E-state index contributed by atoms with van der Waals surface area (Å²) in [4.78, 5) is 0. The van der Waals surface area contributed by atoms with Crippen LogP contribution >= 0.6 is 0 Å². The van der Waals surface area contributed by atoms with E-state index in [2.05, 4.69) is 60.0 Å². The smallest absolute Gasteiger partial charge is 0.149 e. The number of hydrogen-bond acceptors (Lipinski definition) is 2. The number of rotatable bonds is 3. The van der Waals surface area contributed by atoms with Crippen LogP contribution in [-0.4, -0.2) is 11.6 Å². The molecule has 1 atom stereocenters. The van der Waals surface area contributed by atoms with Crippen LogP contribution in [0.4, 0.5) is 0 Å². The molecule has 1 aliphatic rings. The standard InChI is InChI=1S/C16H16N3/c1-19(12-14-8-4-2-5-9-14)13-16(17-18-19)15-10-6-3-7-11-15/h2-11,13H,12H2,1H3/q+1. The number of benzene rings is 2. The molecule has 1 aliphatic heterocycles. The highest BCUT2D eigenvalue weighted by molar-refractivity contribution is 5.63. The van der Waals surface area contributed by atoms with Gasteiger partial charge in [-0.15, -0.1) is 4.59 Å². The van der Waals surface area contributed by atoms with Crippen molar-refractivity contribution < 1.29 is 4.59 Å². The second-order valence-electron chi connectivity index (χ2n) is 4.93. The average molecular weight is 250 g/mol. The van der Waals surface area contributed by atoms with Crippen molar-refractivity contribution in [1.82, 2.24) is 0 Å². The van der Waals surface area contributed by atoms with Crippen molar-refractivity contribution in [2.24, 2.45) is 10.3 Å². The Balaban J connectivity index is 1.84. The summed E-state index contributed by atoms with van der Waals surface area (Å²) in [6.07, 6.45) is 2.10. The Morgan fingerprint density at radius 1 is 0.895 bits per heavy atom. The second kappa shape index (κ2) is 4.78. The van der Waals surface area contributed by atoms with Crippen LogP contribution in [0.25, 0.3) is 5.70 Å². The molecule has 0 bridgehead atoms. The van der Waals surface area contributed by atoms with Crippen molar-refractivity contribution in [2.75, 3.05) is 7.05 Å². The van der Waals surface area contributed by atoms with Crippen molar-refractivity contribution in [1.29, 1.82) is 0 Å². The Morgan fingerprint density at radius 3 is 2.21 bits per heavy atom. The first-order valence-electron chi connectivity index (χ1n) is 6.36. The maximum absolute atomic E-state index is 4.39. The molecule has 0 radical (unpaired) electrons. The summed E-state index contributed by atoms with van der Waals surface area (Å²) in [6.45, 7) is 0.820. The average Bonchev–Trinajstić information content (AvgIpc) is 2.83. The minimum Gasteiger partial charge on any atom is -0.149 e. The lowest BCUT2D eigenvalue weighted by molar-refractivity contribution is -0.880. The molecule has 94 valence electrons. The van der Waals surface area contributed by atoms with Crippen molar-refractivity contribution in [2.45, 2.75) is 6.54 Å². The summed E-state index contributed by atoms with van der Waals surface area (Å²) in [7, 11) is 2.06. The van der Waals surface area contributed by atoms with E-state index < -0.39 is 0 Å². The molecule has 3 rings (SSSR count). The van der Waals surface area contributed by atoms with E-state index in [1.807, 2.05) is 24.3 Å². The lowest BCUT2D eigenvalue weighted by Crippen LogP contribution is -2.29. The second-order valence-corrected chi connectivity index (χ2v) is 4.93. The van der Waals surface area contributed by atoms with Crippen molar-refractivity contribution >= 4 is 5.70 Å². The van der Waals surface area contributed by atoms with E-state index >= 15 is 0 Å². The Kier molecular flexibility index (Phi) is 2.97. The maximum atomic E-state index is 4.39. The van der Waals surface area contributed by atoms with Crippen LogP contribution in [0.15, 0.2) is 77.2 Å². The molecule has 1 heterocycles. The largest absolute Gasteiger partial charge is 0.153 e. The van der Waals surface area contributed by atoms with Crippen molar-refractivity contribution in [3.8, 4) is 0 Å². The lowest BCUT2D eigenvalue weighted by atomic mass is 10.1. The van der Waals surface area contributed by atoms with Gasteiger partial charge in [-0.3, -0.25) is 0 Å². The summed E-state index contributed by atoms with van der Waals surface area (Å²) in [6, 6.07) is 20.5. The van der Waals surface area contributed by atoms with Crippen LogP contribution < -0.4 is 0 Å². The van der Waals surface area contributed by atoms with Crippen LogP contribution in [0.1, 0.15) is 11.1 Å². The molecule has 3 heteroatoms. The van der Waals surface area contributed by atoms with Gasteiger partial charge in [-0.05, 0) is 0 Å². The molecule has 2 aromatic rings. The van der Waals surface area contributed by atoms with E-state index in [1.54, 1.807) is 0 Å². The molecular formula is C16H16N3+. The van der Waals surface area contributed by atoms with Crippen molar-refractivity contribution in [3.05, 3.63) is 78.0 Å². The predicted octanol–water partition coefficient (Wildman–Crippen LogP) is 4.01. The van der Waals surface area contributed by atoms with Crippen LogP contribution in [0, 0.1) is 0 Å². The topological polar surface area (TPSA) is 24.7 Å². The highest BCUT2D eigenvalue weighted by Gasteiger charge is 2.27. The van der Waals surface area contributed by atoms with Gasteiger partial charge in [0.2, 0.25) is 0 Å². The fourth-order valence-electron chi connectivity index (χ4n) is 2.24. The molecule has 0 fully saturated rings. The minimum absolute atomic E-state index is 0.467. The molecule has 3 nitrogen and oxygen atoms in total. The maximum Gasteiger partial charge on any atom is 0.153 e. The molecule has 0 amide bonds. The highest BCUT2D eigenvalue weighted by atomic mass is 15.7. The number of quaternary nitrogens is 1. The summed E-state index contributed by atoms with van der Waals surface area (Å²) >= 11 is 0. The monoisotopic (exact) mass is 250 g/mol.